The number of carbonyl (C=O) groups is 3. The highest BCUT2D eigenvalue weighted by Gasteiger charge is 2.30. The van der Waals surface area contributed by atoms with E-state index in [-0.39, 0.29) is 18.2 Å². The molecule has 178 valence electrons. The molecule has 8 nitrogen and oxygen atoms in total. The van der Waals surface area contributed by atoms with E-state index in [0.29, 0.717) is 18.7 Å². The van der Waals surface area contributed by atoms with Crippen LogP contribution in [0.15, 0.2) is 48.5 Å². The zero-order valence-corrected chi connectivity index (χ0v) is 21.5. The van der Waals surface area contributed by atoms with Crippen LogP contribution in [-0.4, -0.2) is 59.4 Å². The number of amides is 2. The Kier molecular flexibility index (Phi) is 7.11. The Morgan fingerprint density at radius 1 is 1.21 bits per heavy atom. The third-order valence-electron chi connectivity index (χ3n) is 6.12. The first-order chi connectivity index (χ1) is 16.3. The van der Waals surface area contributed by atoms with Crippen molar-refractivity contribution in [1.82, 2.24) is 14.4 Å². The Hall–Kier alpha value is -3.08. The van der Waals surface area contributed by atoms with Crippen LogP contribution >= 0.6 is 22.6 Å². The maximum absolute atomic E-state index is 13.3. The highest BCUT2D eigenvalue weighted by molar-refractivity contribution is 14.1. The number of nitrogens with one attached hydrogen (secondary N) is 1. The van der Waals surface area contributed by atoms with Gasteiger partial charge in [-0.3, -0.25) is 14.4 Å². The second kappa shape index (κ2) is 10.0. The van der Waals surface area contributed by atoms with E-state index in [1.807, 2.05) is 18.2 Å². The van der Waals surface area contributed by atoms with E-state index in [4.69, 9.17) is 4.74 Å². The molecule has 0 unspecified atom stereocenters. The predicted octanol–water partition coefficient (Wildman–Crippen LogP) is 3.62. The topological polar surface area (TPSA) is 83.9 Å². The van der Waals surface area contributed by atoms with Crippen molar-refractivity contribution < 1.29 is 19.1 Å². The monoisotopic (exact) mass is 574 g/mol. The second-order valence-electron chi connectivity index (χ2n) is 8.45. The Balaban J connectivity index is 1.55. The molecule has 1 N–H and O–H groups in total. The molecule has 1 aliphatic rings. The molecule has 0 fully saturated rings. The van der Waals surface area contributed by atoms with Crippen LogP contribution < -0.4 is 5.32 Å². The van der Waals surface area contributed by atoms with E-state index in [1.54, 1.807) is 36.0 Å². The highest BCUT2D eigenvalue weighted by Crippen LogP contribution is 2.26. The molecular formula is C25H27IN4O4. The lowest BCUT2D eigenvalue weighted by Gasteiger charge is -2.20. The number of aromatic nitrogens is 1. The van der Waals surface area contributed by atoms with E-state index < -0.39 is 12.0 Å². The van der Waals surface area contributed by atoms with Gasteiger partial charge in [-0.15, -0.1) is 0 Å². The summed E-state index contributed by atoms with van der Waals surface area (Å²) < 4.78 is 7.73. The van der Waals surface area contributed by atoms with Crippen LogP contribution in [0.4, 0.5) is 5.69 Å². The number of para-hydroxylation sites is 1. The SMILES string of the molecule is COC(=O)C[C@H]1Nc2ccc(C(=O)N(C)Cc3cc4ccccc4n3CI)cc2CN(C)C1=O. The summed E-state index contributed by atoms with van der Waals surface area (Å²) in [5, 5.41) is 4.30. The number of methoxy groups -OCH3 is 1. The highest BCUT2D eigenvalue weighted by atomic mass is 127. The normalized spacial score (nSPS) is 15.5. The molecule has 0 bridgehead atoms. The maximum atomic E-state index is 13.3. The minimum absolute atomic E-state index is 0.0622. The van der Waals surface area contributed by atoms with Crippen molar-refractivity contribution in [2.45, 2.75) is 30.1 Å². The maximum Gasteiger partial charge on any atom is 0.308 e. The van der Waals surface area contributed by atoms with E-state index >= 15 is 0 Å². The van der Waals surface area contributed by atoms with Gasteiger partial charge in [-0.25, -0.2) is 0 Å². The van der Waals surface area contributed by atoms with Crippen molar-refractivity contribution in [3.8, 4) is 0 Å². The van der Waals surface area contributed by atoms with E-state index in [2.05, 4.69) is 50.7 Å². The number of carbonyl (C=O) groups excluding carboxylic acids is 3. The molecule has 0 aliphatic carbocycles. The number of nitrogens with zero attached hydrogens (tertiary/aromatic N) is 3. The van der Waals surface area contributed by atoms with E-state index in [9.17, 15) is 14.4 Å². The fraction of sp³-hybridized carbons (Fsp3) is 0.320. The molecule has 0 saturated heterocycles. The molecule has 4 rings (SSSR count). The van der Waals surface area contributed by atoms with Crippen LogP contribution in [0.5, 0.6) is 0 Å². The number of ether oxygens (including phenoxy) is 1. The molecule has 0 radical (unpaired) electrons. The summed E-state index contributed by atoms with van der Waals surface area (Å²) >= 11 is 2.33. The molecule has 0 saturated carbocycles. The number of benzene rings is 2. The number of hydrogen-bond acceptors (Lipinski definition) is 5. The number of esters is 1. The summed E-state index contributed by atoms with van der Waals surface area (Å²) in [7, 11) is 4.78. The van der Waals surface area contributed by atoms with Gasteiger partial charge in [0.05, 0.1) is 24.6 Å². The summed E-state index contributed by atoms with van der Waals surface area (Å²) in [5.41, 5.74) is 4.32. The first kappa shape index (κ1) is 24.1. The Bertz CT molecular complexity index is 1250. The van der Waals surface area contributed by atoms with Crippen LogP contribution in [0.1, 0.15) is 28.0 Å². The van der Waals surface area contributed by atoms with Crippen molar-refractivity contribution in [3.05, 3.63) is 65.4 Å². The van der Waals surface area contributed by atoms with Gasteiger partial charge in [-0.2, -0.15) is 0 Å². The molecule has 2 heterocycles. The molecule has 1 aliphatic heterocycles. The predicted molar refractivity (Wildman–Crippen MR) is 139 cm³/mol. The van der Waals surface area contributed by atoms with Gasteiger partial charge < -0.3 is 24.4 Å². The van der Waals surface area contributed by atoms with Gasteiger partial charge in [0.2, 0.25) is 5.91 Å². The fourth-order valence-electron chi connectivity index (χ4n) is 4.31. The lowest BCUT2D eigenvalue weighted by atomic mass is 10.1. The summed E-state index contributed by atoms with van der Waals surface area (Å²) in [4.78, 5) is 41.0. The van der Waals surface area contributed by atoms with E-state index in [1.165, 1.54) is 7.11 Å². The zero-order valence-electron chi connectivity index (χ0n) is 19.4. The number of hydrogen-bond donors (Lipinski definition) is 1. The zero-order chi connectivity index (χ0) is 24.4. The molecule has 2 aromatic carbocycles. The molecular weight excluding hydrogens is 547 g/mol. The summed E-state index contributed by atoms with van der Waals surface area (Å²) in [6.45, 7) is 0.818. The van der Waals surface area contributed by atoms with Crippen LogP contribution in [-0.2, 0) is 32.0 Å². The summed E-state index contributed by atoms with van der Waals surface area (Å²) in [6, 6.07) is 15.0. The first-order valence-electron chi connectivity index (χ1n) is 10.9. The number of anilines is 1. The van der Waals surface area contributed by atoms with Crippen LogP contribution in [0, 0.1) is 0 Å². The Morgan fingerprint density at radius 3 is 2.71 bits per heavy atom. The minimum atomic E-state index is -0.710. The minimum Gasteiger partial charge on any atom is -0.469 e. The van der Waals surface area contributed by atoms with Gasteiger partial charge >= 0.3 is 5.97 Å². The quantitative estimate of drug-likeness (QED) is 0.276. The average Bonchev–Trinajstić information content (AvgIpc) is 3.14. The molecule has 1 aromatic heterocycles. The van der Waals surface area contributed by atoms with Crippen molar-refractivity contribution in [2.24, 2.45) is 0 Å². The van der Waals surface area contributed by atoms with Crippen molar-refractivity contribution in [3.63, 3.8) is 0 Å². The van der Waals surface area contributed by atoms with Crippen LogP contribution in [0.2, 0.25) is 0 Å². The molecule has 9 heteroatoms. The van der Waals surface area contributed by atoms with Crippen molar-refractivity contribution >= 4 is 57.0 Å². The summed E-state index contributed by atoms with van der Waals surface area (Å²) in [5.74, 6) is -0.754. The lowest BCUT2D eigenvalue weighted by molar-refractivity contribution is -0.143. The molecule has 34 heavy (non-hydrogen) atoms. The third-order valence-corrected chi connectivity index (χ3v) is 6.81. The molecule has 2 amide bonds. The fourth-order valence-corrected chi connectivity index (χ4v) is 5.12. The number of alkyl halides is 1. The second-order valence-corrected chi connectivity index (χ2v) is 9.13. The first-order valence-corrected chi connectivity index (χ1v) is 12.4. The molecule has 3 aromatic rings. The number of rotatable bonds is 6. The Labute approximate surface area is 212 Å². The van der Waals surface area contributed by atoms with Gasteiger partial charge in [-0.1, -0.05) is 40.8 Å². The third kappa shape index (κ3) is 4.75. The van der Waals surface area contributed by atoms with Gasteiger partial charge in [0.25, 0.3) is 5.91 Å². The number of fused-ring (bicyclic) bond motifs is 2. The average molecular weight is 574 g/mol. The van der Waals surface area contributed by atoms with Gasteiger partial charge in [0, 0.05) is 43.1 Å². The Morgan fingerprint density at radius 2 is 1.97 bits per heavy atom. The van der Waals surface area contributed by atoms with Gasteiger partial charge in [0.1, 0.15) is 6.04 Å². The number of halogens is 1. The van der Waals surface area contributed by atoms with Crippen molar-refractivity contribution in [2.75, 3.05) is 26.5 Å². The molecule has 0 spiro atoms. The van der Waals surface area contributed by atoms with Gasteiger partial charge in [-0.05, 0) is 41.3 Å². The summed E-state index contributed by atoms with van der Waals surface area (Å²) in [6.07, 6.45) is -0.0622. The smallest absolute Gasteiger partial charge is 0.308 e. The lowest BCUT2D eigenvalue weighted by Crippen LogP contribution is -2.39. The van der Waals surface area contributed by atoms with Crippen LogP contribution in [0.3, 0.4) is 0 Å². The largest absolute Gasteiger partial charge is 0.469 e. The number of likely N-dealkylation sites (N-methyl/N-ethyl adjacent to an activating group) is 1. The van der Waals surface area contributed by atoms with Crippen LogP contribution in [0.25, 0.3) is 10.9 Å². The van der Waals surface area contributed by atoms with Crippen molar-refractivity contribution in [1.29, 1.82) is 0 Å². The molecule has 1 atom stereocenters. The van der Waals surface area contributed by atoms with Gasteiger partial charge in [0.15, 0.2) is 0 Å². The standard InChI is InChI=1S/C25H27IN4O4/c1-28-13-18-10-17(8-9-20(18)27-21(25(28)33)12-23(31)34-3)24(32)29(2)14-19-11-16-6-4-5-7-22(16)30(19)15-26/h4-11,21,27H,12-15H2,1-3H3/t21-/m1/s1. The van der Waals surface area contributed by atoms with E-state index in [0.717, 1.165) is 32.4 Å².